The van der Waals surface area contributed by atoms with Gasteiger partial charge in [-0.25, -0.2) is 0 Å². The van der Waals surface area contributed by atoms with Gasteiger partial charge in [0.25, 0.3) is 5.91 Å². The van der Waals surface area contributed by atoms with Gasteiger partial charge in [0.05, 0.1) is 25.7 Å². The van der Waals surface area contributed by atoms with Gasteiger partial charge in [-0.2, -0.15) is 13.2 Å². The quantitative estimate of drug-likeness (QED) is 0.668. The smallest absolute Gasteiger partial charge is 0.416 e. The highest BCUT2D eigenvalue weighted by Gasteiger charge is 2.31. The molecule has 0 unspecified atom stereocenters. The molecule has 3 nitrogen and oxygen atoms in total. The topological polar surface area (TPSA) is 29.1 Å². The molecule has 1 aliphatic rings. The fourth-order valence-corrected chi connectivity index (χ4v) is 4.26. The molecule has 2 aromatic carbocycles. The van der Waals surface area contributed by atoms with E-state index in [0.29, 0.717) is 6.04 Å². The summed E-state index contributed by atoms with van der Waals surface area (Å²) >= 11 is 0. The Morgan fingerprint density at radius 3 is 2.23 bits per heavy atom. The summed E-state index contributed by atoms with van der Waals surface area (Å²) in [7, 11) is 4.58. The van der Waals surface area contributed by atoms with E-state index in [-0.39, 0.29) is 24.5 Å². The van der Waals surface area contributed by atoms with Crippen LogP contribution in [0, 0.1) is 0 Å². The number of amides is 1. The maximum atomic E-state index is 12.8. The first-order valence-electron chi connectivity index (χ1n) is 10.5. The molecule has 7 heteroatoms. The number of hydrogen-bond donors (Lipinski definition) is 1. The van der Waals surface area contributed by atoms with E-state index in [1.165, 1.54) is 49.8 Å². The Morgan fingerprint density at radius 1 is 1.00 bits per heavy atom. The van der Waals surface area contributed by atoms with Crippen LogP contribution in [0.2, 0.25) is 0 Å². The van der Waals surface area contributed by atoms with E-state index in [4.69, 9.17) is 0 Å². The van der Waals surface area contributed by atoms with Crippen LogP contribution in [-0.4, -0.2) is 30.5 Å². The molecule has 0 heterocycles. The van der Waals surface area contributed by atoms with Crippen molar-refractivity contribution < 1.29 is 34.9 Å². The summed E-state index contributed by atoms with van der Waals surface area (Å²) in [6, 6.07) is 13.3. The maximum absolute atomic E-state index is 12.8. The molecule has 1 aliphatic carbocycles. The van der Waals surface area contributed by atoms with Crippen molar-refractivity contribution in [3.63, 3.8) is 0 Å². The second-order valence-electron chi connectivity index (χ2n) is 8.81. The Morgan fingerprint density at radius 2 is 1.61 bits per heavy atom. The van der Waals surface area contributed by atoms with Gasteiger partial charge in [0.2, 0.25) is 0 Å². The summed E-state index contributed by atoms with van der Waals surface area (Å²) in [5, 5.41) is 2.70. The van der Waals surface area contributed by atoms with Crippen LogP contribution in [0.25, 0.3) is 0 Å². The molecule has 1 fully saturated rings. The Kier molecular flexibility index (Phi) is 8.55. The monoisotopic (exact) mass is 454 g/mol. The van der Waals surface area contributed by atoms with Gasteiger partial charge < -0.3 is 22.2 Å². The minimum absolute atomic E-state index is 0. The zero-order valence-electron chi connectivity index (χ0n) is 18.0. The van der Waals surface area contributed by atoms with Crippen LogP contribution >= 0.6 is 0 Å². The molecular weight excluding hydrogens is 425 g/mol. The summed E-state index contributed by atoms with van der Waals surface area (Å²) in [5.74, 6) is -0.514. The lowest BCUT2D eigenvalue weighted by atomic mass is 9.92. The number of alkyl halides is 3. The number of rotatable bonds is 6. The van der Waals surface area contributed by atoms with Crippen LogP contribution in [0.3, 0.4) is 0 Å². The summed E-state index contributed by atoms with van der Waals surface area (Å²) in [4.78, 5) is 12.2. The zero-order valence-corrected chi connectivity index (χ0v) is 18.8. The molecule has 0 aliphatic heterocycles. The summed E-state index contributed by atoms with van der Waals surface area (Å²) < 4.78 is 39.4. The van der Waals surface area contributed by atoms with Crippen molar-refractivity contribution in [1.82, 2.24) is 5.32 Å². The number of carbonyl (C=O) groups is 1. The minimum Gasteiger partial charge on any atom is -1.00 e. The van der Waals surface area contributed by atoms with Crippen molar-refractivity contribution in [2.45, 2.75) is 57.4 Å². The van der Waals surface area contributed by atoms with Gasteiger partial charge in [-0.15, -0.1) is 0 Å². The highest BCUT2D eigenvalue weighted by atomic mass is 35.5. The molecule has 0 bridgehead atoms. The van der Waals surface area contributed by atoms with E-state index in [9.17, 15) is 18.0 Å². The van der Waals surface area contributed by atoms with Crippen LogP contribution in [0.4, 0.5) is 13.2 Å². The van der Waals surface area contributed by atoms with Crippen LogP contribution in [0.1, 0.15) is 59.2 Å². The molecule has 1 N–H and O–H groups in total. The van der Waals surface area contributed by atoms with Crippen molar-refractivity contribution >= 4 is 5.91 Å². The van der Waals surface area contributed by atoms with Gasteiger partial charge in [-0.05, 0) is 49.4 Å². The lowest BCUT2D eigenvalue weighted by Gasteiger charge is -2.40. The highest BCUT2D eigenvalue weighted by molar-refractivity contribution is 5.94. The molecule has 1 amide bonds. The normalized spacial score (nSPS) is 15.3. The van der Waals surface area contributed by atoms with Crippen LogP contribution < -0.4 is 17.7 Å². The molecule has 0 atom stereocenters. The molecule has 0 aromatic heterocycles. The fourth-order valence-electron chi connectivity index (χ4n) is 4.26. The van der Waals surface area contributed by atoms with Gasteiger partial charge in [0.1, 0.15) is 6.54 Å². The summed E-state index contributed by atoms with van der Waals surface area (Å²) in [6.45, 7) is 1.23. The second kappa shape index (κ2) is 10.5. The van der Waals surface area contributed by atoms with Crippen molar-refractivity contribution in [3.8, 4) is 0 Å². The number of benzene rings is 2. The lowest BCUT2D eigenvalue weighted by Crippen LogP contribution is -3.00. The number of carbonyl (C=O) groups excluding carboxylic acids is 1. The molecule has 31 heavy (non-hydrogen) atoms. The SMILES string of the molecule is C[N+](C)(Cc1ccc(CNC(=O)c2cccc(C(F)(F)F)c2)cc1)C1CCCCC1.[Cl-]. The number of quaternary nitrogens is 1. The lowest BCUT2D eigenvalue weighted by molar-refractivity contribution is -0.929. The van der Waals surface area contributed by atoms with Crippen molar-refractivity contribution in [1.29, 1.82) is 0 Å². The van der Waals surface area contributed by atoms with Crippen LogP contribution in [0.15, 0.2) is 48.5 Å². The standard InChI is InChI=1S/C24H29F3N2O.ClH/c1-29(2,22-9-4-3-5-10-22)17-19-13-11-18(12-14-19)16-28-23(30)20-7-6-8-21(15-20)24(25,26)27;/h6-8,11-15,22H,3-5,9-10,16-17H2,1-2H3;1H. The van der Waals surface area contributed by atoms with Gasteiger partial charge in [0.15, 0.2) is 0 Å². The molecule has 0 radical (unpaired) electrons. The van der Waals surface area contributed by atoms with E-state index < -0.39 is 17.6 Å². The van der Waals surface area contributed by atoms with E-state index in [2.05, 4.69) is 31.5 Å². The predicted octanol–water partition coefficient (Wildman–Crippen LogP) is 2.55. The van der Waals surface area contributed by atoms with Gasteiger partial charge >= 0.3 is 6.18 Å². The van der Waals surface area contributed by atoms with E-state index in [0.717, 1.165) is 28.7 Å². The van der Waals surface area contributed by atoms with E-state index in [1.54, 1.807) is 0 Å². The van der Waals surface area contributed by atoms with Crippen LogP contribution in [0.5, 0.6) is 0 Å². The Balaban J connectivity index is 0.00000341. The molecule has 0 spiro atoms. The summed E-state index contributed by atoms with van der Waals surface area (Å²) in [5.41, 5.74) is 1.35. The molecule has 1 saturated carbocycles. The zero-order chi connectivity index (χ0) is 21.8. The van der Waals surface area contributed by atoms with Crippen molar-refractivity contribution in [2.24, 2.45) is 0 Å². The molecule has 2 aromatic rings. The highest BCUT2D eigenvalue weighted by Crippen LogP contribution is 2.30. The number of halogens is 4. The third-order valence-corrected chi connectivity index (χ3v) is 6.08. The molecule has 3 rings (SSSR count). The first-order chi connectivity index (χ1) is 14.1. The van der Waals surface area contributed by atoms with Gasteiger partial charge in [0, 0.05) is 17.7 Å². The average molecular weight is 455 g/mol. The Labute approximate surface area is 188 Å². The van der Waals surface area contributed by atoms with Gasteiger partial charge in [-0.3, -0.25) is 4.79 Å². The third-order valence-electron chi connectivity index (χ3n) is 6.08. The Bertz CT molecular complexity index is 860. The van der Waals surface area contributed by atoms with E-state index in [1.807, 2.05) is 12.1 Å². The molecule has 170 valence electrons. The van der Waals surface area contributed by atoms with Crippen LogP contribution in [-0.2, 0) is 19.3 Å². The average Bonchev–Trinajstić information content (AvgIpc) is 2.73. The molecular formula is C24H30ClF3N2O. The third kappa shape index (κ3) is 6.97. The predicted molar refractivity (Wildman–Crippen MR) is 112 cm³/mol. The minimum atomic E-state index is -4.46. The maximum Gasteiger partial charge on any atom is 0.416 e. The summed E-state index contributed by atoms with van der Waals surface area (Å²) in [6.07, 6.45) is 2.08. The van der Waals surface area contributed by atoms with E-state index >= 15 is 0 Å². The second-order valence-corrected chi connectivity index (χ2v) is 8.81. The number of hydrogen-bond acceptors (Lipinski definition) is 1. The molecule has 0 saturated heterocycles. The first-order valence-corrected chi connectivity index (χ1v) is 10.5. The number of nitrogens with one attached hydrogen (secondary N) is 1. The van der Waals surface area contributed by atoms with Crippen molar-refractivity contribution in [2.75, 3.05) is 14.1 Å². The van der Waals surface area contributed by atoms with Crippen molar-refractivity contribution in [3.05, 3.63) is 70.8 Å². The number of nitrogens with zero attached hydrogens (tertiary/aromatic N) is 1. The fraction of sp³-hybridized carbons (Fsp3) is 0.458. The first kappa shape index (κ1) is 25.2. The largest absolute Gasteiger partial charge is 1.00 e. The van der Waals surface area contributed by atoms with Gasteiger partial charge in [-0.1, -0.05) is 36.8 Å². The Hall–Kier alpha value is -2.05.